The minimum atomic E-state index is -0.597. The number of nitrogens with two attached hydrogens (primary N) is 1. The van der Waals surface area contributed by atoms with Crippen molar-refractivity contribution in [1.29, 1.82) is 0 Å². The second-order valence-electron chi connectivity index (χ2n) is 4.06. The van der Waals surface area contributed by atoms with E-state index in [-0.39, 0.29) is 6.54 Å². The lowest BCUT2D eigenvalue weighted by Gasteiger charge is -2.17. The molecular weight excluding hydrogens is 218 g/mol. The van der Waals surface area contributed by atoms with Gasteiger partial charge in [0.25, 0.3) is 0 Å². The van der Waals surface area contributed by atoms with Crippen molar-refractivity contribution in [3.63, 3.8) is 0 Å². The SMILES string of the molecule is C=C(C)Sc1c(C)cc(C)cc1C(O)CN. The monoisotopic (exact) mass is 237 g/mol. The zero-order valence-corrected chi connectivity index (χ0v) is 10.9. The Morgan fingerprint density at radius 2 is 2.12 bits per heavy atom. The summed E-state index contributed by atoms with van der Waals surface area (Å²) in [6, 6.07) is 4.10. The minimum absolute atomic E-state index is 0.243. The summed E-state index contributed by atoms with van der Waals surface area (Å²) in [6.45, 7) is 10.2. The van der Waals surface area contributed by atoms with Crippen LogP contribution < -0.4 is 5.73 Å². The summed E-state index contributed by atoms with van der Waals surface area (Å²) >= 11 is 1.59. The van der Waals surface area contributed by atoms with Crippen LogP contribution in [-0.2, 0) is 0 Å². The molecule has 16 heavy (non-hydrogen) atoms. The standard InChI is InChI=1S/C13H19NOS/c1-8(2)16-13-10(4)5-9(3)6-11(13)12(15)7-14/h5-6,12,15H,1,7,14H2,2-4H3. The molecule has 0 aliphatic heterocycles. The first-order valence-corrected chi connectivity index (χ1v) is 6.10. The summed E-state index contributed by atoms with van der Waals surface area (Å²) < 4.78 is 0. The van der Waals surface area contributed by atoms with Crippen molar-refractivity contribution in [2.75, 3.05) is 6.54 Å². The molecule has 0 amide bonds. The van der Waals surface area contributed by atoms with Gasteiger partial charge in [0.1, 0.15) is 0 Å². The average Bonchev–Trinajstić information content (AvgIpc) is 2.20. The van der Waals surface area contributed by atoms with Crippen LogP contribution in [0.5, 0.6) is 0 Å². The van der Waals surface area contributed by atoms with Gasteiger partial charge in [-0.15, -0.1) is 0 Å². The maximum atomic E-state index is 9.90. The molecule has 3 heteroatoms. The van der Waals surface area contributed by atoms with E-state index in [0.717, 1.165) is 26.5 Å². The predicted molar refractivity (Wildman–Crippen MR) is 70.6 cm³/mol. The largest absolute Gasteiger partial charge is 0.387 e. The maximum Gasteiger partial charge on any atom is 0.0923 e. The van der Waals surface area contributed by atoms with Gasteiger partial charge in [-0.25, -0.2) is 0 Å². The molecule has 0 aliphatic carbocycles. The topological polar surface area (TPSA) is 46.2 Å². The normalized spacial score (nSPS) is 12.6. The number of allylic oxidation sites excluding steroid dienone is 1. The third kappa shape index (κ3) is 3.11. The Bertz CT molecular complexity index is 401. The highest BCUT2D eigenvalue weighted by Crippen LogP contribution is 2.35. The number of aliphatic hydroxyl groups excluding tert-OH is 1. The summed E-state index contributed by atoms with van der Waals surface area (Å²) in [5.74, 6) is 0. The molecule has 0 aromatic heterocycles. The van der Waals surface area contributed by atoms with E-state index in [0.29, 0.717) is 0 Å². The van der Waals surface area contributed by atoms with Crippen LogP contribution >= 0.6 is 11.8 Å². The quantitative estimate of drug-likeness (QED) is 0.791. The zero-order chi connectivity index (χ0) is 12.3. The van der Waals surface area contributed by atoms with Crippen LogP contribution in [0, 0.1) is 13.8 Å². The third-order valence-corrected chi connectivity index (χ3v) is 3.42. The fraction of sp³-hybridized carbons (Fsp3) is 0.385. The highest BCUT2D eigenvalue weighted by molar-refractivity contribution is 8.03. The lowest BCUT2D eigenvalue weighted by molar-refractivity contribution is 0.183. The molecule has 0 saturated heterocycles. The van der Waals surface area contributed by atoms with Gasteiger partial charge in [-0.05, 0) is 36.8 Å². The number of benzene rings is 1. The molecule has 1 aromatic carbocycles. The number of hydrogen-bond donors (Lipinski definition) is 2. The molecule has 0 bridgehead atoms. The Labute approximate surface area is 102 Å². The van der Waals surface area contributed by atoms with Crippen molar-refractivity contribution in [3.8, 4) is 0 Å². The number of aryl methyl sites for hydroxylation is 2. The first-order chi connectivity index (χ1) is 7.45. The molecule has 0 heterocycles. The van der Waals surface area contributed by atoms with Crippen molar-refractivity contribution < 1.29 is 5.11 Å². The van der Waals surface area contributed by atoms with Gasteiger partial charge in [-0.2, -0.15) is 0 Å². The molecule has 2 nitrogen and oxygen atoms in total. The van der Waals surface area contributed by atoms with E-state index >= 15 is 0 Å². The van der Waals surface area contributed by atoms with Crippen LogP contribution in [0.3, 0.4) is 0 Å². The van der Waals surface area contributed by atoms with Crippen molar-refractivity contribution in [3.05, 3.63) is 40.3 Å². The van der Waals surface area contributed by atoms with Crippen LogP contribution in [0.15, 0.2) is 28.5 Å². The molecule has 1 atom stereocenters. The van der Waals surface area contributed by atoms with Crippen molar-refractivity contribution in [2.24, 2.45) is 5.73 Å². The molecule has 0 saturated carbocycles. The first-order valence-electron chi connectivity index (χ1n) is 5.28. The van der Waals surface area contributed by atoms with E-state index < -0.39 is 6.10 Å². The molecule has 88 valence electrons. The smallest absolute Gasteiger partial charge is 0.0923 e. The summed E-state index contributed by atoms with van der Waals surface area (Å²) in [5.41, 5.74) is 8.74. The van der Waals surface area contributed by atoms with Gasteiger partial charge >= 0.3 is 0 Å². The first kappa shape index (κ1) is 13.3. The zero-order valence-electron chi connectivity index (χ0n) is 10.1. The van der Waals surface area contributed by atoms with Gasteiger partial charge in [-0.3, -0.25) is 0 Å². The number of rotatable bonds is 4. The second kappa shape index (κ2) is 5.53. The van der Waals surface area contributed by atoms with Gasteiger partial charge < -0.3 is 10.8 Å². The summed E-state index contributed by atoms with van der Waals surface area (Å²) in [4.78, 5) is 2.09. The molecule has 0 spiro atoms. The number of hydrogen-bond acceptors (Lipinski definition) is 3. The van der Waals surface area contributed by atoms with Crippen LogP contribution in [0.1, 0.15) is 29.7 Å². The molecule has 1 aromatic rings. The summed E-state index contributed by atoms with van der Waals surface area (Å²) in [5, 5.41) is 9.90. The molecule has 0 aliphatic rings. The van der Waals surface area contributed by atoms with E-state index in [1.807, 2.05) is 26.8 Å². The summed E-state index contributed by atoms with van der Waals surface area (Å²) in [7, 11) is 0. The Morgan fingerprint density at radius 1 is 1.50 bits per heavy atom. The van der Waals surface area contributed by atoms with Crippen LogP contribution in [0.2, 0.25) is 0 Å². The van der Waals surface area contributed by atoms with Gasteiger partial charge in [-0.1, -0.05) is 36.0 Å². The predicted octanol–water partition coefficient (Wildman–Crippen LogP) is 2.92. The lowest BCUT2D eigenvalue weighted by atomic mass is 10.0. The Hall–Kier alpha value is -0.770. The van der Waals surface area contributed by atoms with E-state index in [4.69, 9.17) is 5.73 Å². The minimum Gasteiger partial charge on any atom is -0.387 e. The second-order valence-corrected chi connectivity index (χ2v) is 5.37. The van der Waals surface area contributed by atoms with Crippen molar-refractivity contribution in [1.82, 2.24) is 0 Å². The summed E-state index contributed by atoms with van der Waals surface area (Å²) in [6.07, 6.45) is -0.597. The maximum absolute atomic E-state index is 9.90. The van der Waals surface area contributed by atoms with Gasteiger partial charge in [0, 0.05) is 11.4 Å². The van der Waals surface area contributed by atoms with Crippen LogP contribution in [0.25, 0.3) is 0 Å². The number of aliphatic hydroxyl groups is 1. The van der Waals surface area contributed by atoms with E-state index in [1.54, 1.807) is 11.8 Å². The molecule has 1 rings (SSSR count). The number of thioether (sulfide) groups is 1. The molecule has 1 unspecified atom stereocenters. The van der Waals surface area contributed by atoms with Gasteiger partial charge in [0.2, 0.25) is 0 Å². The highest BCUT2D eigenvalue weighted by Gasteiger charge is 2.14. The van der Waals surface area contributed by atoms with E-state index in [2.05, 4.69) is 12.6 Å². The lowest BCUT2D eigenvalue weighted by Crippen LogP contribution is -2.13. The Morgan fingerprint density at radius 3 is 2.62 bits per heavy atom. The molecule has 0 fully saturated rings. The average molecular weight is 237 g/mol. The molecule has 3 N–H and O–H groups in total. The van der Waals surface area contributed by atoms with Crippen LogP contribution in [0.4, 0.5) is 0 Å². The fourth-order valence-corrected chi connectivity index (χ4v) is 2.56. The van der Waals surface area contributed by atoms with Crippen LogP contribution in [-0.4, -0.2) is 11.7 Å². The highest BCUT2D eigenvalue weighted by atomic mass is 32.2. The van der Waals surface area contributed by atoms with Crippen molar-refractivity contribution >= 4 is 11.8 Å². The van der Waals surface area contributed by atoms with Gasteiger partial charge in [0.05, 0.1) is 6.10 Å². The van der Waals surface area contributed by atoms with E-state index in [9.17, 15) is 5.11 Å². The molecular formula is C13H19NOS. The Balaban J connectivity index is 3.26. The molecule has 0 radical (unpaired) electrons. The van der Waals surface area contributed by atoms with Gasteiger partial charge in [0.15, 0.2) is 0 Å². The fourth-order valence-electron chi connectivity index (χ4n) is 1.68. The van der Waals surface area contributed by atoms with E-state index in [1.165, 1.54) is 0 Å². The van der Waals surface area contributed by atoms with Crippen molar-refractivity contribution in [2.45, 2.75) is 31.8 Å². The Kier molecular flexibility index (Phi) is 4.59. The third-order valence-electron chi connectivity index (χ3n) is 2.31.